The lowest BCUT2D eigenvalue weighted by molar-refractivity contribution is -0.148. The normalized spacial score (nSPS) is 22.2. The predicted octanol–water partition coefficient (Wildman–Crippen LogP) is 0.270. The zero-order valence-electron chi connectivity index (χ0n) is 11.5. The molecule has 20 heavy (non-hydrogen) atoms. The summed E-state index contributed by atoms with van der Waals surface area (Å²) in [5, 5.41) is 22.4. The first kappa shape index (κ1) is 14.5. The van der Waals surface area contributed by atoms with E-state index in [1.54, 1.807) is 13.8 Å². The first-order valence-electron chi connectivity index (χ1n) is 6.52. The van der Waals surface area contributed by atoms with Crippen LogP contribution in [0, 0.1) is 13.8 Å². The molecule has 0 aliphatic carbocycles. The molecule has 2 N–H and O–H groups in total. The van der Waals surface area contributed by atoms with E-state index in [0.29, 0.717) is 12.2 Å². The zero-order chi connectivity index (χ0) is 14.9. The van der Waals surface area contributed by atoms with Gasteiger partial charge in [0.1, 0.15) is 11.8 Å². The second-order valence-electron chi connectivity index (χ2n) is 5.09. The molecule has 2 heterocycles. The van der Waals surface area contributed by atoms with Crippen LogP contribution < -0.4 is 0 Å². The van der Waals surface area contributed by atoms with E-state index in [0.717, 1.165) is 11.3 Å². The molecular weight excluding hydrogens is 264 g/mol. The van der Waals surface area contributed by atoms with Crippen LogP contribution in [0.1, 0.15) is 29.9 Å². The second kappa shape index (κ2) is 5.62. The summed E-state index contributed by atoms with van der Waals surface area (Å²) in [4.78, 5) is 24.4. The first-order valence-corrected chi connectivity index (χ1v) is 6.52. The van der Waals surface area contributed by atoms with E-state index in [2.05, 4.69) is 5.16 Å². The van der Waals surface area contributed by atoms with Crippen molar-refractivity contribution >= 4 is 11.9 Å². The summed E-state index contributed by atoms with van der Waals surface area (Å²) >= 11 is 0. The van der Waals surface area contributed by atoms with Crippen LogP contribution in [0.4, 0.5) is 0 Å². The number of carbonyl (C=O) groups excluding carboxylic acids is 1. The first-order chi connectivity index (χ1) is 9.40. The highest BCUT2D eigenvalue weighted by Crippen LogP contribution is 2.21. The van der Waals surface area contributed by atoms with Crippen molar-refractivity contribution in [3.8, 4) is 0 Å². The zero-order valence-corrected chi connectivity index (χ0v) is 11.5. The number of hydrogen-bond acceptors (Lipinski definition) is 5. The second-order valence-corrected chi connectivity index (χ2v) is 5.09. The number of rotatable bonds is 4. The van der Waals surface area contributed by atoms with Crippen molar-refractivity contribution < 1.29 is 24.3 Å². The Morgan fingerprint density at radius 3 is 2.70 bits per heavy atom. The van der Waals surface area contributed by atoms with Gasteiger partial charge in [0.05, 0.1) is 11.8 Å². The third-order valence-corrected chi connectivity index (χ3v) is 3.65. The van der Waals surface area contributed by atoms with Gasteiger partial charge >= 0.3 is 5.97 Å². The number of aryl methyl sites for hydroxylation is 2. The van der Waals surface area contributed by atoms with E-state index in [-0.39, 0.29) is 25.3 Å². The van der Waals surface area contributed by atoms with Crippen LogP contribution in [0.5, 0.6) is 0 Å². The number of amides is 1. The van der Waals surface area contributed by atoms with Crippen LogP contribution in [-0.2, 0) is 16.0 Å². The molecule has 1 saturated heterocycles. The van der Waals surface area contributed by atoms with Gasteiger partial charge in [-0.1, -0.05) is 5.16 Å². The SMILES string of the molecule is Cc1noc(C)c1CCC(=O)N1C[C@@H](O)C[C@H]1C(=O)O. The van der Waals surface area contributed by atoms with Crippen LogP contribution in [0.25, 0.3) is 0 Å². The number of carbonyl (C=O) groups is 2. The van der Waals surface area contributed by atoms with Gasteiger partial charge in [0.25, 0.3) is 0 Å². The van der Waals surface area contributed by atoms with Gasteiger partial charge in [-0.25, -0.2) is 4.79 Å². The van der Waals surface area contributed by atoms with Gasteiger partial charge in [0.2, 0.25) is 5.91 Å². The Kier molecular flexibility index (Phi) is 4.08. The van der Waals surface area contributed by atoms with E-state index in [1.165, 1.54) is 4.90 Å². The Hall–Kier alpha value is -1.89. The van der Waals surface area contributed by atoms with E-state index in [1.807, 2.05) is 0 Å². The third kappa shape index (κ3) is 2.82. The standard InChI is InChI=1S/C13H18N2O5/c1-7-10(8(2)20-14-7)3-4-12(17)15-6-9(16)5-11(15)13(18)19/h9,11,16H,3-6H2,1-2H3,(H,18,19)/t9-,11-/m0/s1. The van der Waals surface area contributed by atoms with Gasteiger partial charge in [-0.05, 0) is 20.3 Å². The molecule has 0 spiro atoms. The van der Waals surface area contributed by atoms with Crippen LogP contribution in [0.15, 0.2) is 4.52 Å². The van der Waals surface area contributed by atoms with Crippen LogP contribution in [0.2, 0.25) is 0 Å². The Labute approximate surface area is 116 Å². The minimum Gasteiger partial charge on any atom is -0.480 e. The molecule has 110 valence electrons. The van der Waals surface area contributed by atoms with E-state index in [9.17, 15) is 14.7 Å². The van der Waals surface area contributed by atoms with Crippen LogP contribution in [0.3, 0.4) is 0 Å². The molecule has 1 aliphatic heterocycles. The molecule has 2 rings (SSSR count). The van der Waals surface area contributed by atoms with Crippen molar-refractivity contribution in [2.24, 2.45) is 0 Å². The lowest BCUT2D eigenvalue weighted by Gasteiger charge is -2.21. The number of β-amino-alcohol motifs (C(OH)–C–C–N with tert-alkyl or cyclic N) is 1. The van der Waals surface area contributed by atoms with E-state index < -0.39 is 18.1 Å². The molecule has 7 nitrogen and oxygen atoms in total. The molecule has 0 saturated carbocycles. The van der Waals surface area contributed by atoms with Crippen LogP contribution >= 0.6 is 0 Å². The molecule has 1 aromatic rings. The fraction of sp³-hybridized carbons (Fsp3) is 0.615. The minimum atomic E-state index is -1.08. The number of aromatic nitrogens is 1. The Morgan fingerprint density at radius 2 is 2.15 bits per heavy atom. The summed E-state index contributed by atoms with van der Waals surface area (Å²) in [6.07, 6.45) is -0.0378. The molecule has 0 unspecified atom stereocenters. The lowest BCUT2D eigenvalue weighted by Crippen LogP contribution is -2.40. The summed E-state index contributed by atoms with van der Waals surface area (Å²) < 4.78 is 5.02. The van der Waals surface area contributed by atoms with Crippen molar-refractivity contribution in [3.63, 3.8) is 0 Å². The summed E-state index contributed by atoms with van der Waals surface area (Å²) in [5.41, 5.74) is 1.62. The number of aliphatic hydroxyl groups is 1. The van der Waals surface area contributed by atoms with Crippen molar-refractivity contribution in [3.05, 3.63) is 17.0 Å². The van der Waals surface area contributed by atoms with Crippen molar-refractivity contribution in [2.75, 3.05) is 6.54 Å². The molecule has 0 aromatic carbocycles. The summed E-state index contributed by atoms with van der Waals surface area (Å²) in [6.45, 7) is 3.66. The van der Waals surface area contributed by atoms with Crippen LogP contribution in [-0.4, -0.2) is 50.8 Å². The Morgan fingerprint density at radius 1 is 1.45 bits per heavy atom. The maximum atomic E-state index is 12.1. The molecule has 1 aliphatic rings. The third-order valence-electron chi connectivity index (χ3n) is 3.65. The Bertz CT molecular complexity index is 505. The largest absolute Gasteiger partial charge is 0.480 e. The van der Waals surface area contributed by atoms with Gasteiger partial charge in [-0.2, -0.15) is 0 Å². The van der Waals surface area contributed by atoms with Gasteiger partial charge in [0.15, 0.2) is 0 Å². The molecule has 0 bridgehead atoms. The number of carboxylic acids is 1. The fourth-order valence-corrected chi connectivity index (χ4v) is 2.56. The van der Waals surface area contributed by atoms with Crippen molar-refractivity contribution in [1.29, 1.82) is 0 Å². The topological polar surface area (TPSA) is 104 Å². The average molecular weight is 282 g/mol. The molecule has 7 heteroatoms. The number of likely N-dealkylation sites (tertiary alicyclic amines) is 1. The van der Waals surface area contributed by atoms with Gasteiger partial charge < -0.3 is 19.6 Å². The molecule has 2 atom stereocenters. The van der Waals surface area contributed by atoms with E-state index in [4.69, 9.17) is 9.63 Å². The monoisotopic (exact) mass is 282 g/mol. The van der Waals surface area contributed by atoms with Crippen molar-refractivity contribution in [2.45, 2.75) is 45.3 Å². The number of aliphatic hydroxyl groups excluding tert-OH is 1. The van der Waals surface area contributed by atoms with Crippen molar-refractivity contribution in [1.82, 2.24) is 10.1 Å². The average Bonchev–Trinajstić information content (AvgIpc) is 2.91. The molecular formula is C13H18N2O5. The fourth-order valence-electron chi connectivity index (χ4n) is 2.56. The molecule has 1 fully saturated rings. The van der Waals surface area contributed by atoms with Gasteiger partial charge in [-0.3, -0.25) is 4.79 Å². The Balaban J connectivity index is 2.00. The molecule has 1 aromatic heterocycles. The lowest BCUT2D eigenvalue weighted by atomic mass is 10.1. The maximum Gasteiger partial charge on any atom is 0.326 e. The summed E-state index contributed by atoms with van der Waals surface area (Å²) in [6, 6.07) is -0.929. The van der Waals surface area contributed by atoms with E-state index >= 15 is 0 Å². The number of hydrogen-bond donors (Lipinski definition) is 2. The maximum absolute atomic E-state index is 12.1. The number of carboxylic acid groups (broad SMARTS) is 1. The number of nitrogens with zero attached hydrogens (tertiary/aromatic N) is 2. The highest BCUT2D eigenvalue weighted by atomic mass is 16.5. The highest BCUT2D eigenvalue weighted by molar-refractivity contribution is 5.84. The number of aliphatic carboxylic acids is 1. The summed E-state index contributed by atoms with van der Waals surface area (Å²) in [5.74, 6) is -0.673. The molecule has 1 amide bonds. The van der Waals surface area contributed by atoms with Gasteiger partial charge in [-0.15, -0.1) is 0 Å². The van der Waals surface area contributed by atoms with Gasteiger partial charge in [0, 0.05) is 24.9 Å². The minimum absolute atomic E-state index is 0.0808. The highest BCUT2D eigenvalue weighted by Gasteiger charge is 2.38. The smallest absolute Gasteiger partial charge is 0.326 e. The predicted molar refractivity (Wildman–Crippen MR) is 68.1 cm³/mol. The quantitative estimate of drug-likeness (QED) is 0.821. The molecule has 0 radical (unpaired) electrons. The summed E-state index contributed by atoms with van der Waals surface area (Å²) in [7, 11) is 0.